The summed E-state index contributed by atoms with van der Waals surface area (Å²) in [7, 11) is 0. The summed E-state index contributed by atoms with van der Waals surface area (Å²) in [5.74, 6) is -0.934. The fourth-order valence-corrected chi connectivity index (χ4v) is 3.58. The number of ether oxygens (including phenoxy) is 1. The van der Waals surface area contributed by atoms with Gasteiger partial charge in [0.2, 0.25) is 0 Å². The lowest BCUT2D eigenvalue weighted by Crippen LogP contribution is -2.47. The maximum absolute atomic E-state index is 12.2. The van der Waals surface area contributed by atoms with Crippen LogP contribution in [0.3, 0.4) is 0 Å². The lowest BCUT2D eigenvalue weighted by molar-refractivity contribution is -0.137. The molecular weight excluding hydrogens is 431 g/mol. The van der Waals surface area contributed by atoms with Crippen molar-refractivity contribution in [3.8, 4) is 0 Å². The van der Waals surface area contributed by atoms with Crippen LogP contribution in [0.2, 0.25) is 10.0 Å². The van der Waals surface area contributed by atoms with E-state index in [1.807, 2.05) is 20.8 Å². The average molecular weight is 461 g/mol. The minimum Gasteiger partial charge on any atom is -0.465 e. The zero-order valence-corrected chi connectivity index (χ0v) is 19.4. The SMILES string of the molecule is CC(C)(O)C(=O)NCC1OC(C(C)(C)C)CN(C(=O)O)CC1c1ccc(Cl)c(Cl)c1. The van der Waals surface area contributed by atoms with Crippen molar-refractivity contribution in [1.29, 1.82) is 0 Å². The second-order valence-corrected chi connectivity index (χ2v) is 10.1. The van der Waals surface area contributed by atoms with E-state index in [9.17, 15) is 19.8 Å². The summed E-state index contributed by atoms with van der Waals surface area (Å²) in [6, 6.07) is 5.13. The summed E-state index contributed by atoms with van der Waals surface area (Å²) in [5.41, 5.74) is -1.12. The Morgan fingerprint density at radius 3 is 2.30 bits per heavy atom. The van der Waals surface area contributed by atoms with Gasteiger partial charge in [-0.3, -0.25) is 4.79 Å². The van der Waals surface area contributed by atoms with Gasteiger partial charge >= 0.3 is 6.09 Å². The summed E-state index contributed by atoms with van der Waals surface area (Å²) in [5, 5.41) is 23.2. The molecule has 3 atom stereocenters. The van der Waals surface area contributed by atoms with Crippen LogP contribution >= 0.6 is 23.2 Å². The Morgan fingerprint density at radius 1 is 1.17 bits per heavy atom. The van der Waals surface area contributed by atoms with E-state index < -0.39 is 35.7 Å². The van der Waals surface area contributed by atoms with Gasteiger partial charge in [0.15, 0.2) is 0 Å². The lowest BCUT2D eigenvalue weighted by Gasteiger charge is -2.34. The van der Waals surface area contributed by atoms with Crippen molar-refractivity contribution in [2.45, 2.75) is 58.3 Å². The Morgan fingerprint density at radius 2 is 1.80 bits per heavy atom. The number of hydrogen-bond acceptors (Lipinski definition) is 4. The molecule has 3 unspecified atom stereocenters. The van der Waals surface area contributed by atoms with E-state index in [0.717, 1.165) is 5.56 Å². The highest BCUT2D eigenvalue weighted by Gasteiger charge is 2.40. The smallest absolute Gasteiger partial charge is 0.407 e. The molecule has 1 heterocycles. The number of nitrogens with one attached hydrogen (secondary N) is 1. The van der Waals surface area contributed by atoms with Crippen molar-refractivity contribution in [2.75, 3.05) is 19.6 Å². The van der Waals surface area contributed by atoms with Crippen LogP contribution in [0.25, 0.3) is 0 Å². The number of carboxylic acid groups (broad SMARTS) is 1. The molecule has 3 N–H and O–H groups in total. The molecule has 1 saturated heterocycles. The molecule has 0 saturated carbocycles. The van der Waals surface area contributed by atoms with Crippen LogP contribution in [0.5, 0.6) is 0 Å². The van der Waals surface area contributed by atoms with E-state index in [1.165, 1.54) is 18.7 Å². The number of halogens is 2. The van der Waals surface area contributed by atoms with Gasteiger partial charge in [-0.2, -0.15) is 0 Å². The Kier molecular flexibility index (Phi) is 7.67. The van der Waals surface area contributed by atoms with Gasteiger partial charge in [0.25, 0.3) is 5.91 Å². The monoisotopic (exact) mass is 460 g/mol. The van der Waals surface area contributed by atoms with E-state index >= 15 is 0 Å². The average Bonchev–Trinajstić information content (AvgIpc) is 2.81. The van der Waals surface area contributed by atoms with E-state index in [2.05, 4.69) is 5.32 Å². The maximum atomic E-state index is 12.2. The molecule has 1 aromatic carbocycles. The molecule has 1 aliphatic heterocycles. The molecule has 1 aromatic rings. The molecule has 0 aromatic heterocycles. The second kappa shape index (κ2) is 9.30. The number of aliphatic hydroxyl groups is 1. The minimum atomic E-state index is -1.54. The van der Waals surface area contributed by atoms with Gasteiger partial charge in [-0.25, -0.2) is 4.79 Å². The number of hydrogen-bond donors (Lipinski definition) is 3. The first-order valence-electron chi connectivity index (χ1n) is 9.79. The Hall–Kier alpha value is -1.54. The highest BCUT2D eigenvalue weighted by atomic mass is 35.5. The van der Waals surface area contributed by atoms with Crippen LogP contribution in [0.4, 0.5) is 4.79 Å². The summed E-state index contributed by atoms with van der Waals surface area (Å²) in [4.78, 5) is 25.5. The first kappa shape index (κ1) is 24.7. The van der Waals surface area contributed by atoms with E-state index in [0.29, 0.717) is 10.0 Å². The first-order valence-corrected chi connectivity index (χ1v) is 10.5. The molecule has 0 bridgehead atoms. The van der Waals surface area contributed by atoms with Crippen LogP contribution in [0.15, 0.2) is 18.2 Å². The molecule has 168 valence electrons. The summed E-state index contributed by atoms with van der Waals surface area (Å²) >= 11 is 12.3. The van der Waals surface area contributed by atoms with Gasteiger partial charge < -0.3 is 25.2 Å². The molecule has 1 fully saturated rings. The zero-order chi connectivity index (χ0) is 22.9. The molecular formula is C21H30Cl2N2O5. The van der Waals surface area contributed by atoms with Gasteiger partial charge in [-0.15, -0.1) is 0 Å². The molecule has 7 nitrogen and oxygen atoms in total. The third-order valence-corrected chi connectivity index (χ3v) is 5.96. The van der Waals surface area contributed by atoms with Gasteiger partial charge in [0.1, 0.15) is 5.60 Å². The van der Waals surface area contributed by atoms with E-state index in [4.69, 9.17) is 27.9 Å². The molecule has 0 spiro atoms. The fraction of sp³-hybridized carbons (Fsp3) is 0.619. The number of carbonyl (C=O) groups is 2. The van der Waals surface area contributed by atoms with Crippen molar-refractivity contribution >= 4 is 35.2 Å². The normalized spacial score (nSPS) is 23.1. The fourth-order valence-electron chi connectivity index (χ4n) is 3.28. The van der Waals surface area contributed by atoms with Crippen molar-refractivity contribution in [1.82, 2.24) is 10.2 Å². The summed E-state index contributed by atoms with van der Waals surface area (Å²) < 4.78 is 6.38. The van der Waals surface area contributed by atoms with Crippen LogP contribution < -0.4 is 5.32 Å². The van der Waals surface area contributed by atoms with Crippen molar-refractivity contribution in [3.63, 3.8) is 0 Å². The van der Waals surface area contributed by atoms with Crippen LogP contribution in [0.1, 0.15) is 46.1 Å². The Bertz CT molecular complexity index is 789. The number of carbonyl (C=O) groups excluding carboxylic acids is 1. The first-order chi connectivity index (χ1) is 13.7. The molecule has 2 rings (SSSR count). The quantitative estimate of drug-likeness (QED) is 0.634. The number of rotatable bonds is 4. The van der Waals surface area contributed by atoms with Crippen LogP contribution in [-0.4, -0.2) is 64.6 Å². The zero-order valence-electron chi connectivity index (χ0n) is 17.9. The van der Waals surface area contributed by atoms with Crippen LogP contribution in [-0.2, 0) is 9.53 Å². The Labute approximate surface area is 187 Å². The summed E-state index contributed by atoms with van der Waals surface area (Å²) in [6.07, 6.45) is -1.98. The lowest BCUT2D eigenvalue weighted by atomic mass is 9.88. The predicted molar refractivity (Wildman–Crippen MR) is 116 cm³/mol. The third kappa shape index (κ3) is 6.23. The number of benzene rings is 1. The van der Waals surface area contributed by atoms with E-state index in [1.54, 1.807) is 18.2 Å². The Balaban J connectivity index is 2.43. The van der Waals surface area contributed by atoms with Gasteiger partial charge in [0.05, 0.1) is 28.8 Å². The third-order valence-electron chi connectivity index (χ3n) is 5.22. The molecule has 30 heavy (non-hydrogen) atoms. The van der Waals surface area contributed by atoms with E-state index in [-0.39, 0.29) is 25.0 Å². The number of nitrogens with zero attached hydrogens (tertiary/aromatic N) is 1. The van der Waals surface area contributed by atoms with Crippen molar-refractivity contribution < 1.29 is 24.5 Å². The molecule has 2 amide bonds. The van der Waals surface area contributed by atoms with Crippen molar-refractivity contribution in [2.24, 2.45) is 5.41 Å². The highest BCUT2D eigenvalue weighted by Crippen LogP contribution is 2.35. The van der Waals surface area contributed by atoms with Gasteiger partial charge in [-0.05, 0) is 37.0 Å². The highest BCUT2D eigenvalue weighted by molar-refractivity contribution is 6.42. The molecule has 0 aliphatic carbocycles. The topological polar surface area (TPSA) is 99.1 Å². The standard InChI is InChI=1S/C21H30Cl2N2O5/c1-20(2,3)17-11-25(19(27)28)10-13(12-6-7-14(22)15(23)8-12)16(30-17)9-24-18(26)21(4,5)29/h6-8,13,16-17,29H,9-11H2,1-5H3,(H,24,26)(H,27,28). The van der Waals surface area contributed by atoms with Gasteiger partial charge in [0, 0.05) is 19.0 Å². The molecule has 0 radical (unpaired) electrons. The van der Waals surface area contributed by atoms with Gasteiger partial charge in [-0.1, -0.05) is 50.0 Å². The largest absolute Gasteiger partial charge is 0.465 e. The van der Waals surface area contributed by atoms with Crippen molar-refractivity contribution in [3.05, 3.63) is 33.8 Å². The summed E-state index contributed by atoms with van der Waals surface area (Å²) in [6.45, 7) is 9.20. The maximum Gasteiger partial charge on any atom is 0.407 e. The van der Waals surface area contributed by atoms with Crippen LogP contribution in [0, 0.1) is 5.41 Å². The number of amides is 2. The predicted octanol–water partition coefficient (Wildman–Crippen LogP) is 3.76. The second-order valence-electron chi connectivity index (χ2n) is 9.27. The molecule has 1 aliphatic rings. The minimum absolute atomic E-state index is 0.105. The molecule has 9 heteroatoms.